The van der Waals surface area contributed by atoms with E-state index in [0.29, 0.717) is 54.7 Å². The van der Waals surface area contributed by atoms with Gasteiger partial charge in [0.1, 0.15) is 5.69 Å². The van der Waals surface area contributed by atoms with Crippen LogP contribution in [0.1, 0.15) is 25.3 Å². The van der Waals surface area contributed by atoms with Crippen LogP contribution in [0.3, 0.4) is 0 Å². The van der Waals surface area contributed by atoms with Gasteiger partial charge >= 0.3 is 5.56 Å². The van der Waals surface area contributed by atoms with Crippen LogP contribution in [-0.2, 0) is 15.8 Å². The number of nitrogens with zero attached hydrogens (tertiary/aromatic N) is 5. The van der Waals surface area contributed by atoms with Crippen molar-refractivity contribution in [3.8, 4) is 11.4 Å². The molecule has 1 aliphatic carbocycles. The van der Waals surface area contributed by atoms with Gasteiger partial charge < -0.3 is 19.6 Å². The first kappa shape index (κ1) is 28.0. The van der Waals surface area contributed by atoms with Crippen LogP contribution in [-0.4, -0.2) is 79.6 Å². The topological polar surface area (TPSA) is 108 Å². The van der Waals surface area contributed by atoms with Crippen molar-refractivity contribution < 1.29 is 18.3 Å². The average Bonchev–Trinajstić information content (AvgIpc) is 3.67. The van der Waals surface area contributed by atoms with Gasteiger partial charge in [0.25, 0.3) is 0 Å². The van der Waals surface area contributed by atoms with Crippen LogP contribution in [0, 0.1) is 5.41 Å². The number of benzene rings is 2. The maximum Gasteiger partial charge on any atom is 0.316 e. The molecule has 0 bridgehead atoms. The van der Waals surface area contributed by atoms with E-state index in [2.05, 4.69) is 12.0 Å². The first-order valence-electron chi connectivity index (χ1n) is 13.9. The van der Waals surface area contributed by atoms with Crippen LogP contribution in [0.5, 0.6) is 5.75 Å². The van der Waals surface area contributed by atoms with Crippen molar-refractivity contribution in [3.05, 3.63) is 75.7 Å². The Hall–Kier alpha value is -3.12. The number of hydrogen-bond acceptors (Lipinski definition) is 8. The van der Waals surface area contributed by atoms with Gasteiger partial charge in [0.15, 0.2) is 0 Å². The Morgan fingerprint density at radius 3 is 2.41 bits per heavy atom. The quantitative estimate of drug-likeness (QED) is 0.400. The van der Waals surface area contributed by atoms with E-state index in [4.69, 9.17) is 16.3 Å². The smallest absolute Gasteiger partial charge is 0.316 e. The van der Waals surface area contributed by atoms with Crippen molar-refractivity contribution in [2.45, 2.75) is 31.6 Å². The monoisotopic (exact) mass is 599 g/mol. The van der Waals surface area contributed by atoms with Crippen molar-refractivity contribution in [3.63, 3.8) is 0 Å². The summed E-state index contributed by atoms with van der Waals surface area (Å²) < 4.78 is 35.6. The minimum atomic E-state index is -3.56. The number of halogens is 1. The van der Waals surface area contributed by atoms with Crippen molar-refractivity contribution in [2.75, 3.05) is 55.7 Å². The molecule has 2 aliphatic heterocycles. The Balaban J connectivity index is 1.18. The number of ether oxygens (including phenoxy) is 1. The van der Waals surface area contributed by atoms with Crippen molar-refractivity contribution in [1.82, 2.24) is 14.1 Å². The number of aliphatic hydroxyl groups is 1. The summed E-state index contributed by atoms with van der Waals surface area (Å²) in [6, 6.07) is 14.4. The largest absolute Gasteiger partial charge is 0.486 e. The fourth-order valence-corrected chi connectivity index (χ4v) is 6.89. The molecule has 0 radical (unpaired) electrons. The second kappa shape index (κ2) is 10.9. The fourth-order valence-electron chi connectivity index (χ4n) is 5.20. The molecule has 3 aliphatic rings. The molecule has 2 aromatic carbocycles. The molecular formula is C29H34ClN5O5S. The molecule has 0 amide bonds. The van der Waals surface area contributed by atoms with E-state index in [0.717, 1.165) is 18.5 Å². The standard InChI is InChI=1S/C29H34ClN5O5S/c1-29(8-9-29)20-40-27-26(16-31-35(28(27)37)24-7-3-5-22(30)15-24)32-10-12-34(13-11-32)41(38,39)19-21-4-2-6-23(14-21)33-17-25(36)18-33/h2-7,14-16,25,36H,8-13,17-20H2,1H3. The third-order valence-corrected chi connectivity index (χ3v) is 10.2. The molecule has 0 unspecified atom stereocenters. The van der Waals surface area contributed by atoms with Crippen LogP contribution >= 0.6 is 11.6 Å². The summed E-state index contributed by atoms with van der Waals surface area (Å²) in [5.74, 6) is 0.124. The molecule has 0 atom stereocenters. The van der Waals surface area contributed by atoms with E-state index in [1.807, 2.05) is 34.1 Å². The highest BCUT2D eigenvalue weighted by Crippen LogP contribution is 2.45. The van der Waals surface area contributed by atoms with E-state index in [1.54, 1.807) is 30.5 Å². The number of sulfonamides is 1. The molecule has 10 nitrogen and oxygen atoms in total. The first-order valence-corrected chi connectivity index (χ1v) is 15.8. The Bertz CT molecular complexity index is 1600. The lowest BCUT2D eigenvalue weighted by Gasteiger charge is -2.38. The summed E-state index contributed by atoms with van der Waals surface area (Å²) in [6.45, 7) is 5.06. The zero-order chi connectivity index (χ0) is 28.8. The van der Waals surface area contributed by atoms with Crippen molar-refractivity contribution in [1.29, 1.82) is 0 Å². The van der Waals surface area contributed by atoms with Crippen molar-refractivity contribution >= 4 is 33.0 Å². The lowest BCUT2D eigenvalue weighted by molar-refractivity contribution is 0.142. The third-order valence-electron chi connectivity index (χ3n) is 8.10. The van der Waals surface area contributed by atoms with Gasteiger partial charge in [-0.3, -0.25) is 4.79 Å². The van der Waals surface area contributed by atoms with Gasteiger partial charge in [-0.15, -0.1) is 0 Å². The second-order valence-corrected chi connectivity index (χ2v) is 13.9. The summed E-state index contributed by atoms with van der Waals surface area (Å²) in [6.07, 6.45) is 3.39. The SMILES string of the molecule is CC1(COc2c(N3CCN(S(=O)(=O)Cc4cccc(N5CC(O)C5)c4)CC3)cnn(-c3cccc(Cl)c3)c2=O)CC1. The Morgan fingerprint density at radius 2 is 1.73 bits per heavy atom. The zero-order valence-electron chi connectivity index (χ0n) is 22.9. The van der Waals surface area contributed by atoms with Gasteiger partial charge in [-0.1, -0.05) is 36.7 Å². The van der Waals surface area contributed by atoms with Crippen LogP contribution in [0.15, 0.2) is 59.5 Å². The Labute approximate surface area is 244 Å². The lowest BCUT2D eigenvalue weighted by atomic mass is 10.1. The number of piperazine rings is 1. The number of hydrogen-bond donors (Lipinski definition) is 1. The molecule has 1 N–H and O–H groups in total. The fraction of sp³-hybridized carbons (Fsp3) is 0.448. The normalized spacial score (nSPS) is 19.2. The van der Waals surface area contributed by atoms with E-state index in [9.17, 15) is 18.3 Å². The van der Waals surface area contributed by atoms with Crippen molar-refractivity contribution in [2.24, 2.45) is 5.41 Å². The van der Waals surface area contributed by atoms with E-state index < -0.39 is 10.0 Å². The predicted octanol–water partition coefficient (Wildman–Crippen LogP) is 2.90. The maximum absolute atomic E-state index is 13.6. The molecule has 1 aromatic heterocycles. The predicted molar refractivity (Wildman–Crippen MR) is 159 cm³/mol. The molecule has 3 heterocycles. The van der Waals surface area contributed by atoms with Crippen LogP contribution in [0.2, 0.25) is 5.02 Å². The number of rotatable bonds is 9. The van der Waals surface area contributed by atoms with Gasteiger partial charge in [-0.2, -0.15) is 14.1 Å². The Morgan fingerprint density at radius 1 is 1.02 bits per heavy atom. The molecule has 41 heavy (non-hydrogen) atoms. The minimum Gasteiger partial charge on any atom is -0.486 e. The average molecular weight is 600 g/mol. The molecule has 0 spiro atoms. The second-order valence-electron chi connectivity index (χ2n) is 11.5. The molecule has 12 heteroatoms. The highest BCUT2D eigenvalue weighted by Gasteiger charge is 2.39. The number of anilines is 2. The maximum atomic E-state index is 13.6. The van der Waals surface area contributed by atoms with Gasteiger partial charge in [-0.25, -0.2) is 8.42 Å². The Kier molecular flexibility index (Phi) is 7.48. The van der Waals surface area contributed by atoms with Crippen LogP contribution in [0.25, 0.3) is 5.69 Å². The molecule has 6 rings (SSSR count). The summed E-state index contributed by atoms with van der Waals surface area (Å²) in [4.78, 5) is 17.6. The van der Waals surface area contributed by atoms with Gasteiger partial charge in [0.05, 0.1) is 30.3 Å². The molecule has 1 saturated carbocycles. The molecule has 218 valence electrons. The third kappa shape index (κ3) is 6.08. The number of aromatic nitrogens is 2. The van der Waals surface area contributed by atoms with Gasteiger partial charge in [0.2, 0.25) is 15.8 Å². The van der Waals surface area contributed by atoms with E-state index >= 15 is 0 Å². The molecule has 3 fully saturated rings. The summed E-state index contributed by atoms with van der Waals surface area (Å²) in [5, 5.41) is 14.5. The number of aliphatic hydroxyl groups excluding tert-OH is 1. The van der Waals surface area contributed by atoms with Gasteiger partial charge in [0, 0.05) is 55.4 Å². The van der Waals surface area contributed by atoms with E-state index in [-0.39, 0.29) is 41.7 Å². The highest BCUT2D eigenvalue weighted by molar-refractivity contribution is 7.88. The van der Waals surface area contributed by atoms with Crippen LogP contribution < -0.4 is 20.1 Å². The summed E-state index contributed by atoms with van der Waals surface area (Å²) >= 11 is 6.16. The molecule has 3 aromatic rings. The zero-order valence-corrected chi connectivity index (χ0v) is 24.5. The van der Waals surface area contributed by atoms with Gasteiger partial charge in [-0.05, 0) is 48.7 Å². The van der Waals surface area contributed by atoms with E-state index in [1.165, 1.54) is 8.99 Å². The summed E-state index contributed by atoms with van der Waals surface area (Å²) in [5.41, 5.74) is 2.43. The molecule has 2 saturated heterocycles. The summed E-state index contributed by atoms with van der Waals surface area (Å²) in [7, 11) is -3.56. The minimum absolute atomic E-state index is 0.0629. The highest BCUT2D eigenvalue weighted by atomic mass is 35.5. The first-order chi connectivity index (χ1) is 19.6. The van der Waals surface area contributed by atoms with Crippen LogP contribution in [0.4, 0.5) is 11.4 Å². The number of β-amino-alcohol motifs (C(OH)–C–C–N with tert-alkyl or cyclic N) is 1. The lowest BCUT2D eigenvalue weighted by Crippen LogP contribution is -2.50. The molecular weight excluding hydrogens is 566 g/mol.